The summed E-state index contributed by atoms with van der Waals surface area (Å²) in [5.74, 6) is 6.09. The minimum Gasteiger partial charge on any atom is -0.0625 e. The Morgan fingerprint density at radius 2 is 1.53 bits per heavy atom. The van der Waals surface area contributed by atoms with Gasteiger partial charge in [-0.3, -0.25) is 0 Å². The summed E-state index contributed by atoms with van der Waals surface area (Å²) in [5.41, 5.74) is 0. The first kappa shape index (κ1) is 11.5. The van der Waals surface area contributed by atoms with Crippen LogP contribution in [0.3, 0.4) is 0 Å². The molecule has 0 heteroatoms. The summed E-state index contributed by atoms with van der Waals surface area (Å²) < 4.78 is 0. The summed E-state index contributed by atoms with van der Waals surface area (Å²) in [7, 11) is 0. The zero-order valence-corrected chi connectivity index (χ0v) is 11.0. The van der Waals surface area contributed by atoms with Crippen LogP contribution in [0.2, 0.25) is 0 Å². The van der Waals surface area contributed by atoms with Crippen LogP contribution in [0.4, 0.5) is 0 Å². The second kappa shape index (κ2) is 4.47. The molecule has 0 spiro atoms. The van der Waals surface area contributed by atoms with Crippen LogP contribution < -0.4 is 0 Å². The summed E-state index contributed by atoms with van der Waals surface area (Å²) in [6, 6.07) is 0. The first-order valence-electron chi connectivity index (χ1n) is 7.08. The van der Waals surface area contributed by atoms with Crippen LogP contribution in [0.5, 0.6) is 0 Å². The number of rotatable bonds is 2. The topological polar surface area (TPSA) is 0 Å². The lowest BCUT2D eigenvalue weighted by molar-refractivity contribution is 0.139. The smallest absolute Gasteiger partial charge is 0.0380 e. The maximum atomic E-state index is 2.48. The normalized spacial score (nSPS) is 43.0. The van der Waals surface area contributed by atoms with Gasteiger partial charge < -0.3 is 0 Å². The van der Waals surface area contributed by atoms with E-state index in [1.54, 1.807) is 6.42 Å². The minimum atomic E-state index is 0.880. The van der Waals surface area contributed by atoms with Crippen molar-refractivity contribution in [3.05, 3.63) is 0 Å². The molecule has 0 aromatic rings. The fraction of sp³-hybridized carbons (Fsp3) is 1.00. The van der Waals surface area contributed by atoms with E-state index in [1.165, 1.54) is 25.7 Å². The van der Waals surface area contributed by atoms with Gasteiger partial charge in [-0.15, -0.1) is 0 Å². The molecule has 0 radical (unpaired) electrons. The highest BCUT2D eigenvalue weighted by Crippen LogP contribution is 2.48. The lowest BCUT2D eigenvalue weighted by Crippen LogP contribution is -2.27. The van der Waals surface area contributed by atoms with E-state index in [0.717, 1.165) is 35.5 Å². The zero-order valence-electron chi connectivity index (χ0n) is 11.0. The molecule has 0 nitrogen and oxygen atoms in total. The number of hydrogen-bond acceptors (Lipinski definition) is 0. The fourth-order valence-electron chi connectivity index (χ4n) is 4.11. The predicted molar refractivity (Wildman–Crippen MR) is 66.7 cm³/mol. The Balaban J connectivity index is 1.92. The van der Waals surface area contributed by atoms with Gasteiger partial charge in [0.15, 0.2) is 0 Å². The van der Waals surface area contributed by atoms with Gasteiger partial charge in [-0.1, -0.05) is 27.7 Å². The van der Waals surface area contributed by atoms with E-state index in [-0.39, 0.29) is 0 Å². The summed E-state index contributed by atoms with van der Waals surface area (Å²) >= 11 is 0. The largest absolute Gasteiger partial charge is 0.0625 e. The van der Waals surface area contributed by atoms with Crippen molar-refractivity contribution in [3.63, 3.8) is 0 Å². The van der Waals surface area contributed by atoms with E-state index in [0.29, 0.717) is 0 Å². The molecule has 5 atom stereocenters. The maximum Gasteiger partial charge on any atom is -0.0380 e. The van der Waals surface area contributed by atoms with Crippen LogP contribution in [0.15, 0.2) is 0 Å². The molecule has 0 heterocycles. The Hall–Kier alpha value is 0. The Labute approximate surface area is 95.8 Å². The minimum absolute atomic E-state index is 0.880. The molecular weight excluding hydrogens is 180 g/mol. The molecule has 88 valence electrons. The molecule has 5 unspecified atom stereocenters. The van der Waals surface area contributed by atoms with Gasteiger partial charge in [0.2, 0.25) is 0 Å². The van der Waals surface area contributed by atoms with E-state index in [1.807, 2.05) is 0 Å². The van der Waals surface area contributed by atoms with Gasteiger partial charge in [0.25, 0.3) is 0 Å². The molecule has 0 amide bonds. The Bertz CT molecular complexity index is 206. The van der Waals surface area contributed by atoms with Crippen molar-refractivity contribution in [2.45, 2.75) is 59.8 Å². The molecule has 0 saturated heterocycles. The van der Waals surface area contributed by atoms with Crippen molar-refractivity contribution < 1.29 is 0 Å². The maximum absolute atomic E-state index is 2.48. The first-order valence-corrected chi connectivity index (χ1v) is 7.08. The molecule has 15 heavy (non-hydrogen) atoms. The predicted octanol–water partition coefficient (Wildman–Crippen LogP) is 4.74. The van der Waals surface area contributed by atoms with E-state index >= 15 is 0 Å². The van der Waals surface area contributed by atoms with Gasteiger partial charge in [0.05, 0.1) is 0 Å². The van der Waals surface area contributed by atoms with Crippen molar-refractivity contribution in [3.8, 4) is 0 Å². The first-order chi connectivity index (χ1) is 7.08. The quantitative estimate of drug-likeness (QED) is 0.615. The third-order valence-electron chi connectivity index (χ3n) is 5.39. The van der Waals surface area contributed by atoms with Crippen LogP contribution in [-0.4, -0.2) is 0 Å². The molecule has 2 saturated carbocycles. The van der Waals surface area contributed by atoms with E-state index in [9.17, 15) is 0 Å². The molecule has 2 fully saturated rings. The average Bonchev–Trinajstić information content (AvgIpc) is 2.55. The molecule has 2 aliphatic rings. The van der Waals surface area contributed by atoms with Crippen LogP contribution >= 0.6 is 0 Å². The van der Waals surface area contributed by atoms with Gasteiger partial charge in [-0.2, -0.15) is 0 Å². The summed E-state index contributed by atoms with van der Waals surface area (Å²) in [6.45, 7) is 9.73. The lowest BCUT2D eigenvalue weighted by Gasteiger charge is -2.36. The molecule has 2 aliphatic carbocycles. The van der Waals surface area contributed by atoms with Crippen molar-refractivity contribution in [1.29, 1.82) is 0 Å². The molecule has 0 aromatic carbocycles. The van der Waals surface area contributed by atoms with Crippen LogP contribution in [-0.2, 0) is 0 Å². The SMILES string of the molecule is CC1CC2CCC(C(C)C(C)C)CC2C1. The second-order valence-corrected chi connectivity index (χ2v) is 6.77. The van der Waals surface area contributed by atoms with Crippen LogP contribution in [0.25, 0.3) is 0 Å². The fourth-order valence-corrected chi connectivity index (χ4v) is 4.11. The second-order valence-electron chi connectivity index (χ2n) is 6.77. The van der Waals surface area contributed by atoms with Crippen molar-refractivity contribution in [1.82, 2.24) is 0 Å². The van der Waals surface area contributed by atoms with Crippen molar-refractivity contribution in [2.24, 2.45) is 35.5 Å². The summed E-state index contributed by atoms with van der Waals surface area (Å²) in [4.78, 5) is 0. The van der Waals surface area contributed by atoms with Gasteiger partial charge in [0, 0.05) is 0 Å². The lowest BCUT2D eigenvalue weighted by atomic mass is 9.69. The molecule has 0 N–H and O–H groups in total. The Morgan fingerprint density at radius 3 is 2.20 bits per heavy atom. The monoisotopic (exact) mass is 208 g/mol. The Morgan fingerprint density at radius 1 is 0.867 bits per heavy atom. The molecule has 2 rings (SSSR count). The molecule has 0 bridgehead atoms. The van der Waals surface area contributed by atoms with E-state index in [4.69, 9.17) is 0 Å². The van der Waals surface area contributed by atoms with E-state index in [2.05, 4.69) is 27.7 Å². The highest BCUT2D eigenvalue weighted by molar-refractivity contribution is 4.89. The summed E-state index contributed by atoms with van der Waals surface area (Å²) in [5, 5.41) is 0. The van der Waals surface area contributed by atoms with Crippen molar-refractivity contribution >= 4 is 0 Å². The third-order valence-corrected chi connectivity index (χ3v) is 5.39. The van der Waals surface area contributed by atoms with Crippen LogP contribution in [0.1, 0.15) is 59.8 Å². The molecular formula is C15H28. The highest BCUT2D eigenvalue weighted by Gasteiger charge is 2.38. The van der Waals surface area contributed by atoms with Gasteiger partial charge in [-0.25, -0.2) is 0 Å². The van der Waals surface area contributed by atoms with E-state index < -0.39 is 0 Å². The van der Waals surface area contributed by atoms with Gasteiger partial charge >= 0.3 is 0 Å². The number of hydrogen-bond donors (Lipinski definition) is 0. The van der Waals surface area contributed by atoms with Gasteiger partial charge in [0.1, 0.15) is 0 Å². The average molecular weight is 208 g/mol. The van der Waals surface area contributed by atoms with Gasteiger partial charge in [-0.05, 0) is 67.6 Å². The standard InChI is InChI=1S/C15H28/c1-10(2)12(4)13-5-6-14-7-11(3)8-15(14)9-13/h10-15H,5-9H2,1-4H3. The highest BCUT2D eigenvalue weighted by atomic mass is 14.4. The molecule has 0 aromatic heterocycles. The van der Waals surface area contributed by atoms with Crippen LogP contribution in [0, 0.1) is 35.5 Å². The third kappa shape index (κ3) is 2.40. The Kier molecular flexibility index (Phi) is 3.42. The zero-order chi connectivity index (χ0) is 11.0. The summed E-state index contributed by atoms with van der Waals surface area (Å²) in [6.07, 6.45) is 7.68. The van der Waals surface area contributed by atoms with Crippen molar-refractivity contribution in [2.75, 3.05) is 0 Å². The number of fused-ring (bicyclic) bond motifs is 1. The molecule has 0 aliphatic heterocycles.